The Balaban J connectivity index is 1.31. The van der Waals surface area contributed by atoms with Crippen LogP contribution in [0.5, 0.6) is 5.75 Å². The number of hydrogen-bond acceptors (Lipinski definition) is 5. The zero-order chi connectivity index (χ0) is 20.9. The van der Waals surface area contributed by atoms with E-state index < -0.39 is 0 Å². The number of rotatable bonds is 7. The topological polar surface area (TPSA) is 60.2 Å². The fourth-order valence-corrected chi connectivity index (χ4v) is 4.37. The Morgan fingerprint density at radius 2 is 1.93 bits per heavy atom. The van der Waals surface area contributed by atoms with Gasteiger partial charge in [0.1, 0.15) is 5.75 Å². The van der Waals surface area contributed by atoms with Crippen LogP contribution in [0.15, 0.2) is 52.0 Å². The number of methoxy groups -OCH3 is 1. The Morgan fingerprint density at radius 3 is 2.67 bits per heavy atom. The van der Waals surface area contributed by atoms with E-state index in [4.69, 9.17) is 4.74 Å². The molecule has 1 aliphatic heterocycles. The number of fused-ring (bicyclic) bond motifs is 1. The summed E-state index contributed by atoms with van der Waals surface area (Å²) in [6.07, 6.45) is 8.20. The minimum absolute atomic E-state index is 0.00874. The smallest absolute Gasteiger partial charge is 0.251 e. The second-order valence-corrected chi connectivity index (χ2v) is 8.81. The molecule has 1 fully saturated rings. The van der Waals surface area contributed by atoms with Crippen LogP contribution in [0.3, 0.4) is 0 Å². The van der Waals surface area contributed by atoms with Gasteiger partial charge in [-0.15, -0.1) is 0 Å². The lowest BCUT2D eigenvalue weighted by Gasteiger charge is -2.32. The van der Waals surface area contributed by atoms with E-state index >= 15 is 0 Å². The summed E-state index contributed by atoms with van der Waals surface area (Å²) in [6, 6.07) is 9.44. The largest absolute Gasteiger partial charge is 0.495 e. The summed E-state index contributed by atoms with van der Waals surface area (Å²) in [7, 11) is 1.62. The molecule has 4 rings (SSSR count). The molecular formula is C23H27BrN4O2. The highest BCUT2D eigenvalue weighted by Gasteiger charge is 2.19. The number of likely N-dealkylation sites (tertiary alicyclic amines) is 1. The SMILES string of the molecule is COc1cnc2ccc(=O)n(CCN3CCC(CCc4ccc(Br)cn4)CC3)c2c1. The number of halogens is 1. The van der Waals surface area contributed by atoms with Gasteiger partial charge in [-0.3, -0.25) is 14.8 Å². The third-order valence-electron chi connectivity index (χ3n) is 5.99. The average Bonchev–Trinajstić information content (AvgIpc) is 2.78. The van der Waals surface area contributed by atoms with Gasteiger partial charge < -0.3 is 14.2 Å². The molecule has 158 valence electrons. The van der Waals surface area contributed by atoms with Crippen molar-refractivity contribution in [3.63, 3.8) is 0 Å². The van der Waals surface area contributed by atoms with E-state index in [0.29, 0.717) is 12.3 Å². The molecule has 0 aromatic carbocycles. The van der Waals surface area contributed by atoms with E-state index in [1.807, 2.05) is 16.8 Å². The Morgan fingerprint density at radius 1 is 1.10 bits per heavy atom. The van der Waals surface area contributed by atoms with Gasteiger partial charge in [0.05, 0.1) is 24.3 Å². The molecule has 6 nitrogen and oxygen atoms in total. The number of hydrogen-bond donors (Lipinski definition) is 0. The maximum Gasteiger partial charge on any atom is 0.251 e. The van der Waals surface area contributed by atoms with Crippen molar-refractivity contribution in [3.8, 4) is 5.75 Å². The molecule has 1 aliphatic rings. The summed E-state index contributed by atoms with van der Waals surface area (Å²) in [5, 5.41) is 0. The van der Waals surface area contributed by atoms with E-state index in [1.165, 1.54) is 25.0 Å². The van der Waals surface area contributed by atoms with Gasteiger partial charge in [0, 0.05) is 41.6 Å². The summed E-state index contributed by atoms with van der Waals surface area (Å²) < 4.78 is 8.13. The lowest BCUT2D eigenvalue weighted by molar-refractivity contribution is 0.174. The first-order valence-corrected chi connectivity index (χ1v) is 11.3. The van der Waals surface area contributed by atoms with Crippen molar-refractivity contribution >= 4 is 27.0 Å². The van der Waals surface area contributed by atoms with Gasteiger partial charge in [-0.1, -0.05) is 0 Å². The van der Waals surface area contributed by atoms with Crippen LogP contribution in [0, 0.1) is 5.92 Å². The highest BCUT2D eigenvalue weighted by molar-refractivity contribution is 9.10. The van der Waals surface area contributed by atoms with Gasteiger partial charge in [0.15, 0.2) is 0 Å². The number of aryl methyl sites for hydroxylation is 1. The highest BCUT2D eigenvalue weighted by Crippen LogP contribution is 2.23. The molecule has 0 spiro atoms. The average molecular weight is 471 g/mol. The van der Waals surface area contributed by atoms with Gasteiger partial charge in [-0.05, 0) is 78.8 Å². The summed E-state index contributed by atoms with van der Waals surface area (Å²) in [4.78, 5) is 23.8. The van der Waals surface area contributed by atoms with Crippen LogP contribution in [-0.2, 0) is 13.0 Å². The van der Waals surface area contributed by atoms with Crippen LogP contribution in [0.1, 0.15) is 25.0 Å². The number of piperidine rings is 1. The van der Waals surface area contributed by atoms with Gasteiger partial charge >= 0.3 is 0 Å². The zero-order valence-electron chi connectivity index (χ0n) is 17.3. The van der Waals surface area contributed by atoms with Crippen molar-refractivity contribution in [3.05, 3.63) is 63.2 Å². The minimum Gasteiger partial charge on any atom is -0.495 e. The highest BCUT2D eigenvalue weighted by atomic mass is 79.9. The summed E-state index contributed by atoms with van der Waals surface area (Å²) in [5.41, 5.74) is 2.82. The fourth-order valence-electron chi connectivity index (χ4n) is 4.14. The lowest BCUT2D eigenvalue weighted by atomic mass is 9.91. The maximum absolute atomic E-state index is 12.5. The predicted octanol–water partition coefficient (Wildman–Crippen LogP) is 3.91. The van der Waals surface area contributed by atoms with Crippen molar-refractivity contribution in [1.82, 2.24) is 19.4 Å². The first-order valence-electron chi connectivity index (χ1n) is 10.5. The molecule has 0 atom stereocenters. The molecule has 1 saturated heterocycles. The van der Waals surface area contributed by atoms with E-state index in [1.54, 1.807) is 25.4 Å². The molecule has 0 unspecified atom stereocenters. The Labute approximate surface area is 185 Å². The molecule has 30 heavy (non-hydrogen) atoms. The molecule has 3 aromatic rings. The number of ether oxygens (including phenoxy) is 1. The third kappa shape index (κ3) is 5.08. The normalized spacial score (nSPS) is 15.5. The molecule has 3 aromatic heterocycles. The first-order chi connectivity index (χ1) is 14.6. The van der Waals surface area contributed by atoms with Crippen LogP contribution < -0.4 is 10.3 Å². The van der Waals surface area contributed by atoms with Crippen molar-refractivity contribution in [2.75, 3.05) is 26.7 Å². The summed E-state index contributed by atoms with van der Waals surface area (Å²) >= 11 is 3.44. The van der Waals surface area contributed by atoms with Crippen LogP contribution in [0.2, 0.25) is 0 Å². The van der Waals surface area contributed by atoms with E-state index in [-0.39, 0.29) is 5.56 Å². The van der Waals surface area contributed by atoms with Gasteiger partial charge in [0.2, 0.25) is 0 Å². The number of aromatic nitrogens is 3. The van der Waals surface area contributed by atoms with E-state index in [0.717, 1.165) is 47.5 Å². The first kappa shape index (κ1) is 21.0. The Hall–Kier alpha value is -2.25. The molecule has 0 amide bonds. The lowest BCUT2D eigenvalue weighted by Crippen LogP contribution is -2.37. The number of nitrogens with zero attached hydrogens (tertiary/aromatic N) is 4. The standard InChI is InChI=1S/C23H27BrN4O2/c1-30-20-14-22-21(26-16-20)6-7-23(29)28(22)13-12-27-10-8-17(9-11-27)2-4-19-5-3-18(24)15-25-19/h3,5-7,14-17H,2,4,8-13H2,1H3. The molecule has 7 heteroatoms. The van der Waals surface area contributed by atoms with Crippen molar-refractivity contribution < 1.29 is 4.74 Å². The molecule has 0 N–H and O–H groups in total. The second-order valence-electron chi connectivity index (χ2n) is 7.89. The van der Waals surface area contributed by atoms with E-state index in [9.17, 15) is 4.79 Å². The zero-order valence-corrected chi connectivity index (χ0v) is 18.8. The predicted molar refractivity (Wildman–Crippen MR) is 122 cm³/mol. The molecule has 0 bridgehead atoms. The number of pyridine rings is 3. The van der Waals surface area contributed by atoms with Crippen LogP contribution in [0.25, 0.3) is 11.0 Å². The molecule has 0 radical (unpaired) electrons. The third-order valence-corrected chi connectivity index (χ3v) is 6.46. The second kappa shape index (κ2) is 9.71. The molecule has 0 saturated carbocycles. The van der Waals surface area contributed by atoms with Crippen LogP contribution >= 0.6 is 15.9 Å². The minimum atomic E-state index is 0.00874. The molecule has 4 heterocycles. The summed E-state index contributed by atoms with van der Waals surface area (Å²) in [6.45, 7) is 3.70. The Kier molecular flexibility index (Phi) is 6.79. The van der Waals surface area contributed by atoms with Crippen molar-refractivity contribution in [2.24, 2.45) is 5.92 Å². The fraction of sp³-hybridized carbons (Fsp3) is 0.435. The summed E-state index contributed by atoms with van der Waals surface area (Å²) in [5.74, 6) is 1.42. The molecular weight excluding hydrogens is 444 g/mol. The maximum atomic E-state index is 12.5. The Bertz CT molecular complexity index is 1040. The van der Waals surface area contributed by atoms with Crippen LogP contribution in [-0.4, -0.2) is 46.2 Å². The van der Waals surface area contributed by atoms with Gasteiger partial charge in [0.25, 0.3) is 5.56 Å². The van der Waals surface area contributed by atoms with E-state index in [2.05, 4.69) is 42.9 Å². The van der Waals surface area contributed by atoms with Gasteiger partial charge in [-0.2, -0.15) is 0 Å². The van der Waals surface area contributed by atoms with Gasteiger partial charge in [-0.25, -0.2) is 0 Å². The van der Waals surface area contributed by atoms with Crippen LogP contribution in [0.4, 0.5) is 0 Å². The molecule has 0 aliphatic carbocycles. The monoisotopic (exact) mass is 470 g/mol. The quantitative estimate of drug-likeness (QED) is 0.523. The van der Waals surface area contributed by atoms with Crippen molar-refractivity contribution in [1.29, 1.82) is 0 Å². The van der Waals surface area contributed by atoms with Crippen molar-refractivity contribution in [2.45, 2.75) is 32.2 Å².